The number of anilines is 1. The summed E-state index contributed by atoms with van der Waals surface area (Å²) in [7, 11) is 1.44. The molecule has 1 fully saturated rings. The largest absolute Gasteiger partial charge is 0.443 e. The van der Waals surface area contributed by atoms with Crippen molar-refractivity contribution < 1.29 is 32.2 Å². The summed E-state index contributed by atoms with van der Waals surface area (Å²) in [5, 5.41) is 2.60. The zero-order chi connectivity index (χ0) is 29.2. The second-order valence-electron chi connectivity index (χ2n) is 10.9. The summed E-state index contributed by atoms with van der Waals surface area (Å²) in [5.74, 6) is 0.577. The maximum absolute atomic E-state index is 14.1. The van der Waals surface area contributed by atoms with Gasteiger partial charge in [0.25, 0.3) is 0 Å². The van der Waals surface area contributed by atoms with Gasteiger partial charge in [-0.1, -0.05) is 17.2 Å². The number of hydrogen-bond donors (Lipinski definition) is 1. The third kappa shape index (κ3) is 7.40. The third-order valence-electron chi connectivity index (χ3n) is 5.93. The summed E-state index contributed by atoms with van der Waals surface area (Å²) in [5.41, 5.74) is -0.887. The standard InChI is InChI=1S/C26H34ClF3N4O4S/c1-16(2)10-33(23(36)38-24(3,4)5)8-7-32-22(31-6)17-9-18(26(28,29)30)19(27)21-20(17)34(15-35)11-25(14-39-21)12-37-13-25/h9-10,15H,7-8,11-14H2,1-6H3,(H,31,32). The van der Waals surface area contributed by atoms with Crippen LogP contribution in [0.1, 0.15) is 45.7 Å². The van der Waals surface area contributed by atoms with Crippen LogP contribution in [0.3, 0.4) is 0 Å². The van der Waals surface area contributed by atoms with E-state index in [0.29, 0.717) is 25.4 Å². The predicted molar refractivity (Wildman–Crippen MR) is 147 cm³/mol. The number of halogens is 4. The molecule has 2 aliphatic heterocycles. The first-order chi connectivity index (χ1) is 18.1. The van der Waals surface area contributed by atoms with E-state index in [1.165, 1.54) is 28.6 Å². The molecule has 0 unspecified atom stereocenters. The molecule has 0 atom stereocenters. The molecule has 1 N–H and O–H groups in total. The normalized spacial score (nSPS) is 17.1. The SMILES string of the molecule is CN=C(NCCN(C=C(C)C)C(=O)OC(C)(C)C)c1cc(C(F)(F)F)c(Cl)c2c1N(C=O)CC1(COC1)CS2. The summed E-state index contributed by atoms with van der Waals surface area (Å²) >= 11 is 7.51. The second-order valence-corrected chi connectivity index (χ2v) is 12.2. The van der Waals surface area contributed by atoms with E-state index in [0.717, 1.165) is 11.6 Å². The van der Waals surface area contributed by atoms with Gasteiger partial charge < -0.3 is 19.7 Å². The number of amidine groups is 1. The Morgan fingerprint density at radius 3 is 2.49 bits per heavy atom. The highest BCUT2D eigenvalue weighted by Gasteiger charge is 2.45. The average molecular weight is 591 g/mol. The summed E-state index contributed by atoms with van der Waals surface area (Å²) in [6.45, 7) is 10.3. The molecule has 13 heteroatoms. The Morgan fingerprint density at radius 1 is 1.33 bits per heavy atom. The minimum atomic E-state index is -4.73. The molecule has 39 heavy (non-hydrogen) atoms. The molecule has 3 rings (SSSR count). The molecule has 2 heterocycles. The van der Waals surface area contributed by atoms with E-state index in [-0.39, 0.29) is 47.0 Å². The topological polar surface area (TPSA) is 83.5 Å². The first kappa shape index (κ1) is 31.1. The van der Waals surface area contributed by atoms with E-state index in [2.05, 4.69) is 10.3 Å². The van der Waals surface area contributed by atoms with Crippen LogP contribution >= 0.6 is 23.4 Å². The van der Waals surface area contributed by atoms with E-state index in [1.807, 2.05) is 13.8 Å². The van der Waals surface area contributed by atoms with Crippen molar-refractivity contribution in [2.24, 2.45) is 10.4 Å². The number of alkyl halides is 3. The summed E-state index contributed by atoms with van der Waals surface area (Å²) in [6.07, 6.45) is -3.05. The molecule has 8 nitrogen and oxygen atoms in total. The molecule has 2 aliphatic rings. The molecule has 0 aliphatic carbocycles. The Morgan fingerprint density at radius 2 is 2.00 bits per heavy atom. The average Bonchev–Trinajstić information content (AvgIpc) is 2.97. The first-order valence-corrected chi connectivity index (χ1v) is 13.7. The van der Waals surface area contributed by atoms with Crippen molar-refractivity contribution in [1.82, 2.24) is 10.2 Å². The number of carbonyl (C=O) groups excluding carboxylic acids is 2. The number of fused-ring (bicyclic) bond motifs is 1. The van der Waals surface area contributed by atoms with Gasteiger partial charge in [0.1, 0.15) is 11.4 Å². The van der Waals surface area contributed by atoms with Gasteiger partial charge in [-0.25, -0.2) is 4.79 Å². The van der Waals surface area contributed by atoms with E-state index >= 15 is 0 Å². The highest BCUT2D eigenvalue weighted by molar-refractivity contribution is 7.99. The molecule has 0 saturated carbocycles. The molecule has 216 valence electrons. The summed E-state index contributed by atoms with van der Waals surface area (Å²) in [6, 6.07) is 0.921. The smallest absolute Gasteiger partial charge is 0.417 e. The maximum atomic E-state index is 14.1. The highest BCUT2D eigenvalue weighted by Crippen LogP contribution is 2.50. The quantitative estimate of drug-likeness (QED) is 0.265. The molecule has 0 bridgehead atoms. The zero-order valence-corrected chi connectivity index (χ0v) is 24.4. The minimum absolute atomic E-state index is 0.0900. The number of rotatable bonds is 6. The van der Waals surface area contributed by atoms with Gasteiger partial charge in [-0.3, -0.25) is 14.7 Å². The number of amides is 2. The monoisotopic (exact) mass is 590 g/mol. The van der Waals surface area contributed by atoms with Crippen LogP contribution in [0.5, 0.6) is 0 Å². The lowest BCUT2D eigenvalue weighted by molar-refractivity contribution is -0.137. The van der Waals surface area contributed by atoms with Crippen molar-refractivity contribution in [3.8, 4) is 0 Å². The van der Waals surface area contributed by atoms with Crippen LogP contribution in [0.2, 0.25) is 5.02 Å². The fraction of sp³-hybridized carbons (Fsp3) is 0.577. The number of thioether (sulfide) groups is 1. The second kappa shape index (κ2) is 12.0. The predicted octanol–water partition coefficient (Wildman–Crippen LogP) is 5.57. The number of ether oxygens (including phenoxy) is 2. The number of benzene rings is 1. The van der Waals surface area contributed by atoms with Crippen LogP contribution in [0.4, 0.5) is 23.7 Å². The van der Waals surface area contributed by atoms with Gasteiger partial charge in [0.05, 0.1) is 34.4 Å². The Kier molecular flexibility index (Phi) is 9.55. The molecule has 0 radical (unpaired) electrons. The maximum Gasteiger partial charge on any atom is 0.417 e. The summed E-state index contributed by atoms with van der Waals surface area (Å²) in [4.78, 5) is 32.1. The number of aliphatic imine (C=N–C) groups is 1. The van der Waals surface area contributed by atoms with Crippen LogP contribution in [0.15, 0.2) is 27.7 Å². The molecule has 1 saturated heterocycles. The Bertz CT molecular complexity index is 1160. The van der Waals surface area contributed by atoms with Crippen molar-refractivity contribution in [3.05, 3.63) is 34.0 Å². The number of allylic oxidation sites excluding steroid dienone is 1. The molecule has 1 aromatic rings. The minimum Gasteiger partial charge on any atom is -0.443 e. The Hall–Kier alpha value is -2.44. The van der Waals surface area contributed by atoms with Crippen molar-refractivity contribution >= 4 is 47.4 Å². The molecular weight excluding hydrogens is 557 g/mol. The van der Waals surface area contributed by atoms with Gasteiger partial charge in [0, 0.05) is 49.6 Å². The fourth-order valence-corrected chi connectivity index (χ4v) is 5.95. The van der Waals surface area contributed by atoms with Crippen LogP contribution in [-0.2, 0) is 20.4 Å². The fourth-order valence-electron chi connectivity index (χ4n) is 4.23. The number of hydrogen-bond acceptors (Lipinski definition) is 6. The van der Waals surface area contributed by atoms with Crippen LogP contribution in [0, 0.1) is 5.41 Å². The van der Waals surface area contributed by atoms with Crippen molar-refractivity contribution in [3.63, 3.8) is 0 Å². The van der Waals surface area contributed by atoms with E-state index in [1.54, 1.807) is 27.0 Å². The van der Waals surface area contributed by atoms with Crippen LogP contribution in [0.25, 0.3) is 0 Å². The van der Waals surface area contributed by atoms with Crippen LogP contribution < -0.4 is 10.2 Å². The van der Waals surface area contributed by atoms with Gasteiger partial charge >= 0.3 is 12.3 Å². The third-order valence-corrected chi connectivity index (χ3v) is 7.87. The Labute approximate surface area is 235 Å². The number of carbonyl (C=O) groups is 2. The van der Waals surface area contributed by atoms with E-state index in [4.69, 9.17) is 21.1 Å². The molecule has 1 spiro atoms. The Balaban J connectivity index is 1.98. The molecule has 1 aromatic carbocycles. The van der Waals surface area contributed by atoms with Crippen LogP contribution in [-0.4, -0.2) is 74.5 Å². The number of nitrogens with one attached hydrogen (secondary N) is 1. The van der Waals surface area contributed by atoms with Gasteiger partial charge in [0.15, 0.2) is 0 Å². The van der Waals surface area contributed by atoms with Gasteiger partial charge in [0.2, 0.25) is 6.41 Å². The van der Waals surface area contributed by atoms with Gasteiger partial charge in [-0.05, 0) is 40.7 Å². The summed E-state index contributed by atoms with van der Waals surface area (Å²) < 4.78 is 53.0. The highest BCUT2D eigenvalue weighted by atomic mass is 35.5. The van der Waals surface area contributed by atoms with E-state index in [9.17, 15) is 22.8 Å². The lowest BCUT2D eigenvalue weighted by Gasteiger charge is -2.42. The van der Waals surface area contributed by atoms with Crippen molar-refractivity contribution in [2.75, 3.05) is 50.5 Å². The van der Waals surface area contributed by atoms with Gasteiger partial charge in [-0.2, -0.15) is 13.2 Å². The first-order valence-electron chi connectivity index (χ1n) is 12.3. The molecular formula is C26H34ClF3N4O4S. The molecule has 0 aromatic heterocycles. The number of nitrogens with zero attached hydrogens (tertiary/aromatic N) is 3. The molecule has 2 amide bonds. The van der Waals surface area contributed by atoms with E-state index < -0.39 is 28.5 Å². The van der Waals surface area contributed by atoms with Crippen molar-refractivity contribution in [2.45, 2.75) is 51.3 Å². The lowest BCUT2D eigenvalue weighted by Crippen LogP contribution is -2.52. The van der Waals surface area contributed by atoms with Gasteiger partial charge in [-0.15, -0.1) is 11.8 Å². The zero-order valence-electron chi connectivity index (χ0n) is 22.9. The van der Waals surface area contributed by atoms with Crippen molar-refractivity contribution in [1.29, 1.82) is 0 Å². The lowest BCUT2D eigenvalue weighted by atomic mass is 9.87.